The lowest BCUT2D eigenvalue weighted by Gasteiger charge is -2.08. The molecular weight excluding hydrogens is 400 g/mol. The number of esters is 1. The fraction of sp³-hybridized carbons (Fsp3) is 0.0833. The molecule has 0 heterocycles. The van der Waals surface area contributed by atoms with Crippen molar-refractivity contribution in [2.75, 3.05) is 7.11 Å². The number of hydrogen-bond acceptors (Lipinski definition) is 6. The monoisotopic (exact) mass is 424 g/mol. The molecule has 0 aliphatic heterocycles. The van der Waals surface area contributed by atoms with Gasteiger partial charge in [0.05, 0.1) is 7.11 Å². The van der Waals surface area contributed by atoms with Crippen LogP contribution in [0, 0.1) is 0 Å². The fourth-order valence-electron chi connectivity index (χ4n) is 2.05. The zero-order valence-corrected chi connectivity index (χ0v) is 17.1. The molecule has 0 fully saturated rings. The summed E-state index contributed by atoms with van der Waals surface area (Å²) in [5.41, 5.74) is 0.639. The number of phenols is 2. The van der Waals surface area contributed by atoms with E-state index in [9.17, 15) is 9.59 Å². The van der Waals surface area contributed by atoms with E-state index < -0.39 is 11.9 Å². The van der Waals surface area contributed by atoms with Gasteiger partial charge in [-0.15, -0.1) is 0 Å². The standard InChI is InChI=1S/C12H12O5.2C6H6O/c1-8(13)17-10-5-3-9(4-6-12(14)15)7-11(10)16-2;2*7-6-4-2-1-3-5-6/h3-7H,1-2H3,(H,14,15);2*1-5,7H. The average molecular weight is 424 g/mol. The van der Waals surface area contributed by atoms with Crippen LogP contribution in [0.1, 0.15) is 12.5 Å². The molecule has 0 aromatic heterocycles. The highest BCUT2D eigenvalue weighted by Crippen LogP contribution is 2.28. The molecule has 0 unspecified atom stereocenters. The van der Waals surface area contributed by atoms with E-state index in [2.05, 4.69) is 0 Å². The number of benzene rings is 3. The number of carbonyl (C=O) groups excluding carboxylic acids is 1. The number of carboxylic acids is 1. The van der Waals surface area contributed by atoms with Crippen LogP contribution in [0.3, 0.4) is 0 Å². The number of aromatic hydroxyl groups is 2. The maximum Gasteiger partial charge on any atom is 0.328 e. The molecule has 0 radical (unpaired) electrons. The van der Waals surface area contributed by atoms with E-state index in [-0.39, 0.29) is 0 Å². The normalized spacial score (nSPS) is 9.48. The molecule has 3 aromatic carbocycles. The van der Waals surface area contributed by atoms with Gasteiger partial charge in [0.25, 0.3) is 0 Å². The van der Waals surface area contributed by atoms with E-state index in [4.69, 9.17) is 24.8 Å². The number of methoxy groups -OCH3 is 1. The lowest BCUT2D eigenvalue weighted by atomic mass is 10.2. The third kappa shape index (κ3) is 11.4. The Labute approximate surface area is 180 Å². The molecule has 0 saturated carbocycles. The van der Waals surface area contributed by atoms with Crippen molar-refractivity contribution in [2.24, 2.45) is 0 Å². The van der Waals surface area contributed by atoms with Crippen LogP contribution in [0.15, 0.2) is 84.9 Å². The van der Waals surface area contributed by atoms with E-state index in [0.29, 0.717) is 28.6 Å². The van der Waals surface area contributed by atoms with Crippen molar-refractivity contribution < 1.29 is 34.4 Å². The number of para-hydroxylation sites is 2. The molecule has 3 N–H and O–H groups in total. The summed E-state index contributed by atoms with van der Waals surface area (Å²) in [6.07, 6.45) is 2.43. The summed E-state index contributed by atoms with van der Waals surface area (Å²) >= 11 is 0. The molecule has 7 heteroatoms. The van der Waals surface area contributed by atoms with Gasteiger partial charge < -0.3 is 24.8 Å². The third-order valence-corrected chi connectivity index (χ3v) is 3.37. The highest BCUT2D eigenvalue weighted by atomic mass is 16.6. The SMILES string of the molecule is COc1cc(C=CC(=O)O)ccc1OC(C)=O.Oc1ccccc1.Oc1ccccc1. The minimum absolute atomic E-state index is 0.299. The van der Waals surface area contributed by atoms with Gasteiger partial charge in [0.15, 0.2) is 11.5 Å². The molecule has 31 heavy (non-hydrogen) atoms. The van der Waals surface area contributed by atoms with E-state index >= 15 is 0 Å². The summed E-state index contributed by atoms with van der Waals surface area (Å²) in [6, 6.07) is 22.2. The Balaban J connectivity index is 0.000000279. The van der Waals surface area contributed by atoms with Crippen molar-refractivity contribution in [1.29, 1.82) is 0 Å². The number of carbonyl (C=O) groups is 2. The minimum atomic E-state index is -1.03. The largest absolute Gasteiger partial charge is 0.508 e. The Morgan fingerprint density at radius 2 is 1.32 bits per heavy atom. The van der Waals surface area contributed by atoms with Crippen LogP contribution < -0.4 is 9.47 Å². The van der Waals surface area contributed by atoms with E-state index in [1.807, 2.05) is 12.1 Å². The molecule has 0 aliphatic carbocycles. The Morgan fingerprint density at radius 1 is 0.806 bits per heavy atom. The van der Waals surface area contributed by atoms with Gasteiger partial charge in [0.1, 0.15) is 11.5 Å². The molecule has 0 saturated heterocycles. The van der Waals surface area contributed by atoms with Gasteiger partial charge in [0, 0.05) is 13.0 Å². The van der Waals surface area contributed by atoms with Crippen LogP contribution in [0.5, 0.6) is 23.0 Å². The number of phenolic OH excluding ortho intramolecular Hbond substituents is 2. The number of carboxylic acid groups (broad SMARTS) is 1. The van der Waals surface area contributed by atoms with Crippen molar-refractivity contribution in [3.8, 4) is 23.0 Å². The lowest BCUT2D eigenvalue weighted by Crippen LogP contribution is -2.03. The second kappa shape index (κ2) is 13.8. The van der Waals surface area contributed by atoms with Crippen molar-refractivity contribution in [1.82, 2.24) is 0 Å². The van der Waals surface area contributed by atoms with Crippen LogP contribution in [-0.2, 0) is 9.59 Å². The highest BCUT2D eigenvalue weighted by molar-refractivity contribution is 5.85. The van der Waals surface area contributed by atoms with Crippen molar-refractivity contribution in [3.63, 3.8) is 0 Å². The molecule has 0 bridgehead atoms. The molecule has 0 amide bonds. The average Bonchev–Trinajstić information content (AvgIpc) is 2.74. The Kier molecular flexibility index (Phi) is 11.1. The Morgan fingerprint density at radius 3 is 1.68 bits per heavy atom. The quantitative estimate of drug-likeness (QED) is 0.321. The highest BCUT2D eigenvalue weighted by Gasteiger charge is 2.06. The van der Waals surface area contributed by atoms with Gasteiger partial charge in [-0.2, -0.15) is 0 Å². The first-order valence-corrected chi connectivity index (χ1v) is 9.07. The summed E-state index contributed by atoms with van der Waals surface area (Å²) in [5.74, 6) is -0.171. The summed E-state index contributed by atoms with van der Waals surface area (Å²) in [7, 11) is 1.44. The summed E-state index contributed by atoms with van der Waals surface area (Å²) in [4.78, 5) is 21.2. The first-order valence-electron chi connectivity index (χ1n) is 9.07. The molecule has 3 rings (SSSR count). The molecule has 0 atom stereocenters. The van der Waals surface area contributed by atoms with Crippen LogP contribution in [0.2, 0.25) is 0 Å². The minimum Gasteiger partial charge on any atom is -0.508 e. The molecule has 0 spiro atoms. The number of ether oxygens (including phenoxy) is 2. The zero-order valence-electron chi connectivity index (χ0n) is 17.1. The van der Waals surface area contributed by atoms with E-state index in [0.717, 1.165) is 6.08 Å². The number of hydrogen-bond donors (Lipinski definition) is 3. The molecule has 0 aliphatic rings. The van der Waals surface area contributed by atoms with Crippen molar-refractivity contribution >= 4 is 18.0 Å². The summed E-state index contributed by atoms with van der Waals surface area (Å²) in [6.45, 7) is 1.29. The molecule has 162 valence electrons. The fourth-order valence-corrected chi connectivity index (χ4v) is 2.05. The molecule has 3 aromatic rings. The summed E-state index contributed by atoms with van der Waals surface area (Å²) in [5, 5.41) is 25.8. The van der Waals surface area contributed by atoms with E-state index in [1.54, 1.807) is 66.7 Å². The van der Waals surface area contributed by atoms with E-state index in [1.165, 1.54) is 20.1 Å². The van der Waals surface area contributed by atoms with Crippen LogP contribution in [0.4, 0.5) is 0 Å². The van der Waals surface area contributed by atoms with Crippen LogP contribution in [-0.4, -0.2) is 34.4 Å². The molecule has 7 nitrogen and oxygen atoms in total. The topological polar surface area (TPSA) is 113 Å². The van der Waals surface area contributed by atoms with Gasteiger partial charge in [0.2, 0.25) is 0 Å². The van der Waals surface area contributed by atoms with Gasteiger partial charge >= 0.3 is 11.9 Å². The maximum absolute atomic E-state index is 10.8. The van der Waals surface area contributed by atoms with Crippen LogP contribution in [0.25, 0.3) is 6.08 Å². The first kappa shape index (κ1) is 24.8. The van der Waals surface area contributed by atoms with Crippen molar-refractivity contribution in [2.45, 2.75) is 6.92 Å². The van der Waals surface area contributed by atoms with Gasteiger partial charge in [-0.05, 0) is 48.0 Å². The smallest absolute Gasteiger partial charge is 0.328 e. The summed E-state index contributed by atoms with van der Waals surface area (Å²) < 4.78 is 9.95. The maximum atomic E-state index is 10.8. The first-order chi connectivity index (χ1) is 14.8. The van der Waals surface area contributed by atoms with Crippen molar-refractivity contribution in [3.05, 3.63) is 90.5 Å². The Bertz CT molecular complexity index is 930. The van der Waals surface area contributed by atoms with Crippen LogP contribution >= 0.6 is 0 Å². The van der Waals surface area contributed by atoms with Gasteiger partial charge in [-0.25, -0.2) is 4.79 Å². The van der Waals surface area contributed by atoms with Gasteiger partial charge in [-0.1, -0.05) is 42.5 Å². The second-order valence-corrected chi connectivity index (χ2v) is 5.85. The predicted octanol–water partition coefficient (Wildman–Crippen LogP) is 4.50. The third-order valence-electron chi connectivity index (χ3n) is 3.37. The predicted molar refractivity (Wildman–Crippen MR) is 117 cm³/mol. The lowest BCUT2D eigenvalue weighted by molar-refractivity contribution is -0.132. The number of rotatable bonds is 4. The van der Waals surface area contributed by atoms with Gasteiger partial charge in [-0.3, -0.25) is 4.79 Å². The number of aliphatic carboxylic acids is 1. The zero-order chi connectivity index (χ0) is 23.1. The Hall–Kier alpha value is -4.26. The molecular formula is C24H24O7. The second-order valence-electron chi connectivity index (χ2n) is 5.85.